The van der Waals surface area contributed by atoms with E-state index < -0.39 is 15.3 Å². The molecule has 0 amide bonds. The lowest BCUT2D eigenvalue weighted by Crippen LogP contribution is -2.46. The van der Waals surface area contributed by atoms with Crippen LogP contribution in [0, 0.1) is 5.41 Å². The zero-order valence-corrected chi connectivity index (χ0v) is 13.0. The summed E-state index contributed by atoms with van der Waals surface area (Å²) < 4.78 is 26.4. The van der Waals surface area contributed by atoms with Crippen molar-refractivity contribution in [3.8, 4) is 0 Å². The third-order valence-electron chi connectivity index (χ3n) is 4.36. The van der Waals surface area contributed by atoms with Crippen LogP contribution in [-0.4, -0.2) is 37.6 Å². The van der Waals surface area contributed by atoms with Gasteiger partial charge in [0.25, 0.3) is 0 Å². The molecular weight excluding hydrogens is 248 g/mol. The second-order valence-electron chi connectivity index (χ2n) is 6.22. The van der Waals surface area contributed by atoms with Crippen molar-refractivity contribution in [2.75, 3.05) is 13.6 Å². The van der Waals surface area contributed by atoms with E-state index in [9.17, 15) is 8.42 Å². The molecule has 0 heterocycles. The smallest absolute Gasteiger partial charge is 0.218 e. The molecule has 108 valence electrons. The van der Waals surface area contributed by atoms with E-state index in [1.54, 1.807) is 11.4 Å². The van der Waals surface area contributed by atoms with Gasteiger partial charge in [-0.05, 0) is 37.5 Å². The fourth-order valence-corrected chi connectivity index (χ4v) is 4.45. The van der Waals surface area contributed by atoms with Gasteiger partial charge in [-0.2, -0.15) is 0 Å². The Morgan fingerprint density at radius 2 is 1.83 bits per heavy atom. The molecule has 1 rings (SSSR count). The van der Waals surface area contributed by atoms with Gasteiger partial charge in [0.2, 0.25) is 10.0 Å². The summed E-state index contributed by atoms with van der Waals surface area (Å²) in [6.07, 6.45) is 4.70. The molecule has 1 aliphatic rings. The summed E-state index contributed by atoms with van der Waals surface area (Å²) in [7, 11) is -1.51. The zero-order valence-electron chi connectivity index (χ0n) is 12.1. The fourth-order valence-electron chi connectivity index (χ4n) is 2.69. The molecule has 0 aromatic carbocycles. The van der Waals surface area contributed by atoms with Gasteiger partial charge in [-0.15, -0.1) is 0 Å². The van der Waals surface area contributed by atoms with Crippen LogP contribution >= 0.6 is 0 Å². The van der Waals surface area contributed by atoms with Gasteiger partial charge >= 0.3 is 0 Å². The van der Waals surface area contributed by atoms with Crippen molar-refractivity contribution < 1.29 is 8.42 Å². The summed E-state index contributed by atoms with van der Waals surface area (Å²) in [5.74, 6) is 0. The molecule has 1 aliphatic carbocycles. The monoisotopic (exact) mass is 276 g/mol. The fraction of sp³-hybridized carbons (Fsp3) is 1.00. The Hall–Kier alpha value is -0.130. The molecule has 18 heavy (non-hydrogen) atoms. The van der Waals surface area contributed by atoms with Gasteiger partial charge in [-0.25, -0.2) is 12.7 Å². The van der Waals surface area contributed by atoms with Gasteiger partial charge in [0, 0.05) is 19.6 Å². The maximum Gasteiger partial charge on any atom is 0.218 e. The molecule has 2 N–H and O–H groups in total. The van der Waals surface area contributed by atoms with Crippen molar-refractivity contribution in [1.82, 2.24) is 4.31 Å². The second-order valence-corrected chi connectivity index (χ2v) is 8.50. The Bertz CT molecular complexity index is 351. The van der Waals surface area contributed by atoms with E-state index >= 15 is 0 Å². The van der Waals surface area contributed by atoms with Gasteiger partial charge < -0.3 is 5.73 Å². The van der Waals surface area contributed by atoms with E-state index in [-0.39, 0.29) is 12.6 Å². The van der Waals surface area contributed by atoms with E-state index in [1.165, 1.54) is 0 Å². The van der Waals surface area contributed by atoms with Crippen LogP contribution < -0.4 is 5.73 Å². The molecule has 0 bridgehead atoms. The predicted molar refractivity (Wildman–Crippen MR) is 75.9 cm³/mol. The van der Waals surface area contributed by atoms with Gasteiger partial charge in [-0.1, -0.05) is 20.8 Å². The molecule has 0 spiro atoms. The summed E-state index contributed by atoms with van der Waals surface area (Å²) in [6.45, 7) is 6.60. The predicted octanol–water partition coefficient (Wildman–Crippen LogP) is 1.95. The molecule has 1 atom stereocenters. The third kappa shape index (κ3) is 3.45. The van der Waals surface area contributed by atoms with Crippen molar-refractivity contribution in [2.24, 2.45) is 11.1 Å². The van der Waals surface area contributed by atoms with Crippen molar-refractivity contribution in [2.45, 2.75) is 64.2 Å². The first-order chi connectivity index (χ1) is 8.24. The number of rotatable bonds is 5. The van der Waals surface area contributed by atoms with E-state index in [0.717, 1.165) is 25.7 Å². The lowest BCUT2D eigenvalue weighted by molar-refractivity contribution is 0.173. The first-order valence-corrected chi connectivity index (χ1v) is 8.42. The molecule has 0 aliphatic heterocycles. The maximum absolute atomic E-state index is 12.4. The number of sulfonamides is 1. The van der Waals surface area contributed by atoms with Crippen LogP contribution in [0.5, 0.6) is 0 Å². The summed E-state index contributed by atoms with van der Waals surface area (Å²) in [6, 6.07) is 0.156. The molecule has 1 unspecified atom stereocenters. The van der Waals surface area contributed by atoms with Crippen LogP contribution in [0.2, 0.25) is 0 Å². The normalized spacial score (nSPS) is 23.2. The molecule has 1 fully saturated rings. The Morgan fingerprint density at radius 1 is 1.33 bits per heavy atom. The third-order valence-corrected chi connectivity index (χ3v) is 6.83. The van der Waals surface area contributed by atoms with E-state index in [4.69, 9.17) is 5.73 Å². The standard InChI is InChI=1S/C13H28N2O2S/c1-5-12(10-14)18(16,17)15(4)11-6-8-13(2,3)9-7-11/h11-12H,5-10,14H2,1-4H3. The molecular formula is C13H28N2O2S. The summed E-state index contributed by atoms with van der Waals surface area (Å²) in [5, 5.41) is -0.433. The Kier molecular flexibility index (Phi) is 5.21. The zero-order chi connectivity index (χ0) is 14.0. The average Bonchev–Trinajstić information content (AvgIpc) is 2.29. The molecule has 5 heteroatoms. The second kappa shape index (κ2) is 5.88. The summed E-state index contributed by atoms with van der Waals surface area (Å²) in [4.78, 5) is 0. The largest absolute Gasteiger partial charge is 0.329 e. The molecule has 0 saturated heterocycles. The van der Waals surface area contributed by atoms with Gasteiger partial charge in [0.1, 0.15) is 0 Å². The van der Waals surface area contributed by atoms with Crippen LogP contribution in [0.1, 0.15) is 52.9 Å². The van der Waals surface area contributed by atoms with E-state index in [2.05, 4.69) is 13.8 Å². The molecule has 1 saturated carbocycles. The average molecular weight is 276 g/mol. The lowest BCUT2D eigenvalue weighted by atomic mass is 9.76. The highest BCUT2D eigenvalue weighted by Crippen LogP contribution is 2.37. The Morgan fingerprint density at radius 3 is 2.22 bits per heavy atom. The van der Waals surface area contributed by atoms with Gasteiger partial charge in [0.15, 0.2) is 0 Å². The van der Waals surface area contributed by atoms with E-state index in [1.807, 2.05) is 6.92 Å². The minimum atomic E-state index is -3.23. The molecule has 0 aromatic rings. The lowest BCUT2D eigenvalue weighted by Gasteiger charge is -2.39. The van der Waals surface area contributed by atoms with Crippen LogP contribution in [0.15, 0.2) is 0 Å². The number of hydrogen-bond acceptors (Lipinski definition) is 3. The van der Waals surface area contributed by atoms with Crippen molar-refractivity contribution >= 4 is 10.0 Å². The highest BCUT2D eigenvalue weighted by molar-refractivity contribution is 7.89. The van der Waals surface area contributed by atoms with Crippen molar-refractivity contribution in [3.63, 3.8) is 0 Å². The van der Waals surface area contributed by atoms with Gasteiger partial charge in [-0.3, -0.25) is 0 Å². The van der Waals surface area contributed by atoms with Crippen molar-refractivity contribution in [1.29, 1.82) is 0 Å². The quantitative estimate of drug-likeness (QED) is 0.835. The van der Waals surface area contributed by atoms with Crippen LogP contribution in [0.25, 0.3) is 0 Å². The van der Waals surface area contributed by atoms with Crippen molar-refractivity contribution in [3.05, 3.63) is 0 Å². The number of nitrogens with zero attached hydrogens (tertiary/aromatic N) is 1. The minimum Gasteiger partial charge on any atom is -0.329 e. The number of nitrogens with two attached hydrogens (primary N) is 1. The first-order valence-electron chi connectivity index (χ1n) is 6.91. The molecule has 4 nitrogen and oxygen atoms in total. The highest BCUT2D eigenvalue weighted by Gasteiger charge is 2.36. The van der Waals surface area contributed by atoms with Crippen LogP contribution in [0.4, 0.5) is 0 Å². The Labute approximate surface area is 112 Å². The maximum atomic E-state index is 12.4. The van der Waals surface area contributed by atoms with Gasteiger partial charge in [0.05, 0.1) is 5.25 Å². The first kappa shape index (κ1) is 15.9. The SMILES string of the molecule is CCC(CN)S(=O)(=O)N(C)C1CCC(C)(C)CC1. The molecule has 0 aromatic heterocycles. The summed E-state index contributed by atoms with van der Waals surface area (Å²) in [5.41, 5.74) is 5.93. The minimum absolute atomic E-state index is 0.156. The van der Waals surface area contributed by atoms with E-state index in [0.29, 0.717) is 11.8 Å². The molecule has 0 radical (unpaired) electrons. The van der Waals surface area contributed by atoms with Crippen LogP contribution in [-0.2, 0) is 10.0 Å². The topological polar surface area (TPSA) is 63.4 Å². The Balaban J connectivity index is 2.73. The highest BCUT2D eigenvalue weighted by atomic mass is 32.2. The summed E-state index contributed by atoms with van der Waals surface area (Å²) >= 11 is 0. The van der Waals surface area contributed by atoms with Crippen LogP contribution in [0.3, 0.4) is 0 Å². The number of hydrogen-bond donors (Lipinski definition) is 1.